The first-order valence-corrected chi connectivity index (χ1v) is 15.1. The molecule has 8 heteroatoms. The number of fused-ring (bicyclic) bond motifs is 1. The molecule has 3 fully saturated rings. The third-order valence-electron chi connectivity index (χ3n) is 9.56. The maximum absolute atomic E-state index is 14.6. The molecule has 0 aromatic carbocycles. The number of hydrogen-bond acceptors (Lipinski definition) is 5. The molecule has 2 unspecified atom stereocenters. The Morgan fingerprint density at radius 1 is 1.08 bits per heavy atom. The number of aliphatic hydroxyl groups excluding tert-OH is 1. The van der Waals surface area contributed by atoms with Crippen molar-refractivity contribution in [1.29, 1.82) is 0 Å². The van der Waals surface area contributed by atoms with Gasteiger partial charge in [0.15, 0.2) is 0 Å². The van der Waals surface area contributed by atoms with E-state index in [-0.39, 0.29) is 30.2 Å². The highest BCUT2D eigenvalue weighted by Crippen LogP contribution is 2.65. The second-order valence-corrected chi connectivity index (χ2v) is 11.7. The summed E-state index contributed by atoms with van der Waals surface area (Å²) in [5.41, 5.74) is -1.88. The fourth-order valence-corrected chi connectivity index (χ4v) is 7.37. The van der Waals surface area contributed by atoms with Crippen molar-refractivity contribution >= 4 is 17.7 Å². The SMILES string of the molecule is C=CCN(CCCC)C(=O)C1N([C@@H](CO)[C@@H](C)CC)C(=O)[C@@H]2[C@H](C(=O)N(CC=C)CCC)[C@]3(CC)CCC12O3. The number of carbonyl (C=O) groups is 3. The van der Waals surface area contributed by atoms with E-state index in [1.807, 2.05) is 27.7 Å². The summed E-state index contributed by atoms with van der Waals surface area (Å²) < 4.78 is 6.95. The Balaban J connectivity index is 2.18. The van der Waals surface area contributed by atoms with Crippen molar-refractivity contribution in [3.63, 3.8) is 0 Å². The van der Waals surface area contributed by atoms with Gasteiger partial charge >= 0.3 is 0 Å². The van der Waals surface area contributed by atoms with Gasteiger partial charge in [-0.05, 0) is 38.0 Å². The number of rotatable bonds is 16. The molecule has 3 aliphatic rings. The van der Waals surface area contributed by atoms with E-state index in [9.17, 15) is 19.5 Å². The molecule has 0 aromatic rings. The van der Waals surface area contributed by atoms with Crippen LogP contribution in [0.25, 0.3) is 0 Å². The molecule has 1 spiro atoms. The molecule has 2 bridgehead atoms. The molecule has 0 aliphatic carbocycles. The first-order valence-electron chi connectivity index (χ1n) is 15.1. The van der Waals surface area contributed by atoms with Gasteiger partial charge in [0.05, 0.1) is 30.1 Å². The van der Waals surface area contributed by atoms with Gasteiger partial charge in [0.1, 0.15) is 11.6 Å². The zero-order valence-electron chi connectivity index (χ0n) is 24.9. The van der Waals surface area contributed by atoms with E-state index in [0.29, 0.717) is 45.4 Å². The number of likely N-dealkylation sites (tertiary alicyclic amines) is 1. The summed E-state index contributed by atoms with van der Waals surface area (Å²) in [5.74, 6) is -1.95. The predicted octanol–water partition coefficient (Wildman–Crippen LogP) is 3.79. The summed E-state index contributed by atoms with van der Waals surface area (Å²) in [7, 11) is 0. The van der Waals surface area contributed by atoms with Crippen LogP contribution in [0.4, 0.5) is 0 Å². The van der Waals surface area contributed by atoms with Crippen LogP contribution in [0, 0.1) is 17.8 Å². The summed E-state index contributed by atoms with van der Waals surface area (Å²) in [6.45, 7) is 19.5. The topological polar surface area (TPSA) is 90.4 Å². The lowest BCUT2D eigenvalue weighted by Gasteiger charge is -2.41. The molecule has 0 saturated carbocycles. The molecular formula is C31H51N3O5. The van der Waals surface area contributed by atoms with E-state index in [4.69, 9.17) is 4.74 Å². The first-order chi connectivity index (χ1) is 18.7. The fourth-order valence-electron chi connectivity index (χ4n) is 7.37. The van der Waals surface area contributed by atoms with Crippen LogP contribution in [0.15, 0.2) is 25.3 Å². The monoisotopic (exact) mass is 545 g/mol. The summed E-state index contributed by atoms with van der Waals surface area (Å²) in [5, 5.41) is 10.6. The number of ether oxygens (including phenoxy) is 1. The first kappa shape index (κ1) is 31.3. The van der Waals surface area contributed by atoms with Crippen LogP contribution in [-0.2, 0) is 19.1 Å². The van der Waals surface area contributed by atoms with Crippen molar-refractivity contribution in [3.8, 4) is 0 Å². The zero-order valence-corrected chi connectivity index (χ0v) is 24.9. The molecule has 8 nitrogen and oxygen atoms in total. The Hall–Kier alpha value is -2.19. The third kappa shape index (κ3) is 5.19. The molecule has 0 radical (unpaired) electrons. The molecule has 39 heavy (non-hydrogen) atoms. The minimum atomic E-state index is -1.09. The van der Waals surface area contributed by atoms with Gasteiger partial charge < -0.3 is 24.5 Å². The second kappa shape index (κ2) is 13.0. The molecule has 0 aromatic heterocycles. The van der Waals surface area contributed by atoms with Gasteiger partial charge in [0.2, 0.25) is 17.7 Å². The average molecular weight is 546 g/mol. The molecule has 3 aliphatic heterocycles. The van der Waals surface area contributed by atoms with Gasteiger partial charge in [0.25, 0.3) is 0 Å². The van der Waals surface area contributed by atoms with Crippen LogP contribution >= 0.6 is 0 Å². The lowest BCUT2D eigenvalue weighted by molar-refractivity contribution is -0.159. The quantitative estimate of drug-likeness (QED) is 0.298. The van der Waals surface area contributed by atoms with E-state index in [0.717, 1.165) is 25.7 Å². The van der Waals surface area contributed by atoms with Gasteiger partial charge in [-0.1, -0.05) is 59.6 Å². The van der Waals surface area contributed by atoms with E-state index in [2.05, 4.69) is 20.1 Å². The van der Waals surface area contributed by atoms with Crippen molar-refractivity contribution < 1.29 is 24.2 Å². The summed E-state index contributed by atoms with van der Waals surface area (Å²) in [6.07, 6.45) is 8.48. The number of unbranched alkanes of at least 4 members (excludes halogenated alkanes) is 1. The maximum Gasteiger partial charge on any atom is 0.248 e. The Morgan fingerprint density at radius 3 is 2.23 bits per heavy atom. The van der Waals surface area contributed by atoms with Crippen LogP contribution in [0.5, 0.6) is 0 Å². The van der Waals surface area contributed by atoms with Gasteiger partial charge in [-0.25, -0.2) is 0 Å². The average Bonchev–Trinajstić information content (AvgIpc) is 3.54. The third-order valence-corrected chi connectivity index (χ3v) is 9.56. The standard InChI is InChI=1S/C31H51N3O5/c1-8-14-20-33(19-11-4)29(38)26-31-16-15-30(13-6,39-31)24(27(36)32(17-9-2)18-10-3)25(31)28(37)34(26)23(21-35)22(7)12-5/h9,11,22-26,35H,2,4,8,10,12-21H2,1,3,5-7H3/t22-,23-,24+,25-,26?,30-,31?/m0/s1. The Kier molecular flexibility index (Phi) is 10.4. The normalized spacial score (nSPS) is 30.7. The van der Waals surface area contributed by atoms with Gasteiger partial charge in [-0.2, -0.15) is 0 Å². The van der Waals surface area contributed by atoms with E-state index >= 15 is 0 Å². The summed E-state index contributed by atoms with van der Waals surface area (Å²) in [6, 6.07) is -1.42. The molecule has 1 N–H and O–H groups in total. The molecular weight excluding hydrogens is 494 g/mol. The molecule has 3 heterocycles. The zero-order chi connectivity index (χ0) is 29.0. The molecule has 3 amide bonds. The van der Waals surface area contributed by atoms with Crippen LogP contribution in [-0.4, -0.2) is 93.6 Å². The highest BCUT2D eigenvalue weighted by Gasteiger charge is 2.79. The minimum Gasteiger partial charge on any atom is -0.394 e. The van der Waals surface area contributed by atoms with Crippen molar-refractivity contribution in [1.82, 2.24) is 14.7 Å². The number of aliphatic hydroxyl groups is 1. The van der Waals surface area contributed by atoms with Crippen LogP contribution in [0.2, 0.25) is 0 Å². The molecule has 220 valence electrons. The Morgan fingerprint density at radius 2 is 1.72 bits per heavy atom. The number of hydrogen-bond donors (Lipinski definition) is 1. The van der Waals surface area contributed by atoms with Gasteiger partial charge in [-0.3, -0.25) is 14.4 Å². The summed E-state index contributed by atoms with van der Waals surface area (Å²) in [4.78, 5) is 48.5. The number of amides is 3. The maximum atomic E-state index is 14.6. The van der Waals surface area contributed by atoms with E-state index in [1.54, 1.807) is 26.9 Å². The van der Waals surface area contributed by atoms with E-state index in [1.165, 1.54) is 0 Å². The van der Waals surface area contributed by atoms with Crippen molar-refractivity contribution in [3.05, 3.63) is 25.3 Å². The smallest absolute Gasteiger partial charge is 0.248 e. The van der Waals surface area contributed by atoms with Gasteiger partial charge in [0, 0.05) is 26.2 Å². The predicted molar refractivity (Wildman–Crippen MR) is 153 cm³/mol. The van der Waals surface area contributed by atoms with Crippen molar-refractivity contribution in [2.45, 2.75) is 103 Å². The van der Waals surface area contributed by atoms with Crippen molar-refractivity contribution in [2.75, 3.05) is 32.8 Å². The molecule has 3 saturated heterocycles. The van der Waals surface area contributed by atoms with E-state index < -0.39 is 35.1 Å². The Labute approximate surface area is 235 Å². The van der Waals surface area contributed by atoms with Crippen LogP contribution < -0.4 is 0 Å². The second-order valence-electron chi connectivity index (χ2n) is 11.7. The number of nitrogens with zero attached hydrogens (tertiary/aromatic N) is 3. The van der Waals surface area contributed by atoms with Crippen LogP contribution in [0.1, 0.15) is 79.6 Å². The lowest BCUT2D eigenvalue weighted by Crippen LogP contribution is -2.60. The van der Waals surface area contributed by atoms with Crippen molar-refractivity contribution in [2.24, 2.45) is 17.8 Å². The number of carbonyl (C=O) groups excluding carboxylic acids is 3. The molecule has 3 rings (SSSR count). The largest absolute Gasteiger partial charge is 0.394 e. The highest BCUT2D eigenvalue weighted by atomic mass is 16.5. The lowest BCUT2D eigenvalue weighted by atomic mass is 9.64. The van der Waals surface area contributed by atoms with Gasteiger partial charge in [-0.15, -0.1) is 13.2 Å². The highest BCUT2D eigenvalue weighted by molar-refractivity contribution is 5.99. The van der Waals surface area contributed by atoms with Crippen LogP contribution in [0.3, 0.4) is 0 Å². The molecule has 7 atom stereocenters. The minimum absolute atomic E-state index is 0.0307. The summed E-state index contributed by atoms with van der Waals surface area (Å²) >= 11 is 0. The fraction of sp³-hybridized carbons (Fsp3) is 0.774. The Bertz CT molecular complexity index is 924.